The molecule has 0 spiro atoms. The Bertz CT molecular complexity index is 694. The molecule has 6 nitrogen and oxygen atoms in total. The SMILES string of the molecule is CCC(C)NS(=O)(=O)c1ccc(C(=O)N2CCC(C)CC2CN)cc1.Cl. The topological polar surface area (TPSA) is 92.5 Å². The summed E-state index contributed by atoms with van der Waals surface area (Å²) >= 11 is 0. The number of carbonyl (C=O) groups excluding carboxylic acids is 1. The van der Waals surface area contributed by atoms with Crippen molar-refractivity contribution in [1.29, 1.82) is 0 Å². The van der Waals surface area contributed by atoms with Crippen molar-refractivity contribution < 1.29 is 13.2 Å². The summed E-state index contributed by atoms with van der Waals surface area (Å²) in [5.41, 5.74) is 6.33. The highest BCUT2D eigenvalue weighted by molar-refractivity contribution is 7.89. The van der Waals surface area contributed by atoms with E-state index in [0.717, 1.165) is 12.8 Å². The van der Waals surface area contributed by atoms with Crippen LogP contribution in [0.4, 0.5) is 0 Å². The summed E-state index contributed by atoms with van der Waals surface area (Å²) < 4.78 is 27.2. The average Bonchev–Trinajstić information content (AvgIpc) is 2.60. The highest BCUT2D eigenvalue weighted by Crippen LogP contribution is 2.24. The van der Waals surface area contributed by atoms with Crippen molar-refractivity contribution in [2.24, 2.45) is 11.7 Å². The molecule has 1 saturated heterocycles. The van der Waals surface area contributed by atoms with Gasteiger partial charge in [0, 0.05) is 30.7 Å². The van der Waals surface area contributed by atoms with Crippen LogP contribution in [0.5, 0.6) is 0 Å². The first-order valence-electron chi connectivity index (χ1n) is 8.92. The lowest BCUT2D eigenvalue weighted by atomic mass is 9.92. The monoisotopic (exact) mass is 403 g/mol. The lowest BCUT2D eigenvalue weighted by Crippen LogP contribution is -2.49. The van der Waals surface area contributed by atoms with Gasteiger partial charge in [0.25, 0.3) is 5.91 Å². The molecule has 0 bridgehead atoms. The maximum atomic E-state index is 12.8. The van der Waals surface area contributed by atoms with E-state index in [9.17, 15) is 13.2 Å². The number of nitrogens with one attached hydrogen (secondary N) is 1. The maximum absolute atomic E-state index is 12.8. The van der Waals surface area contributed by atoms with E-state index in [0.29, 0.717) is 31.0 Å². The fraction of sp³-hybridized carbons (Fsp3) is 0.611. The molecule has 0 aromatic heterocycles. The molecule has 8 heteroatoms. The normalized spacial score (nSPS) is 21.8. The maximum Gasteiger partial charge on any atom is 0.254 e. The number of halogens is 1. The highest BCUT2D eigenvalue weighted by atomic mass is 35.5. The lowest BCUT2D eigenvalue weighted by Gasteiger charge is -2.38. The molecule has 1 fully saturated rings. The molecular formula is C18H30ClN3O3S. The zero-order valence-corrected chi connectivity index (χ0v) is 17.3. The third-order valence-corrected chi connectivity index (χ3v) is 6.50. The highest BCUT2D eigenvalue weighted by Gasteiger charge is 2.29. The number of amides is 1. The summed E-state index contributed by atoms with van der Waals surface area (Å²) in [5, 5.41) is 0. The predicted octanol–water partition coefficient (Wildman–Crippen LogP) is 2.38. The summed E-state index contributed by atoms with van der Waals surface area (Å²) in [6.07, 6.45) is 2.59. The molecule has 0 saturated carbocycles. The molecule has 1 aliphatic rings. The Hall–Kier alpha value is -1.15. The Morgan fingerprint density at radius 2 is 1.96 bits per heavy atom. The van der Waals surface area contributed by atoms with Crippen LogP contribution in [0.1, 0.15) is 50.4 Å². The smallest absolute Gasteiger partial charge is 0.254 e. The zero-order valence-electron chi connectivity index (χ0n) is 15.6. The molecule has 148 valence electrons. The number of nitrogens with zero attached hydrogens (tertiary/aromatic N) is 1. The number of sulfonamides is 1. The lowest BCUT2D eigenvalue weighted by molar-refractivity contribution is 0.0573. The fourth-order valence-corrected chi connectivity index (χ4v) is 4.43. The summed E-state index contributed by atoms with van der Waals surface area (Å²) in [6.45, 7) is 7.05. The Labute approximate surface area is 163 Å². The average molecular weight is 404 g/mol. The molecule has 1 aliphatic heterocycles. The van der Waals surface area contributed by atoms with Gasteiger partial charge in [-0.25, -0.2) is 13.1 Å². The van der Waals surface area contributed by atoms with Gasteiger partial charge in [-0.15, -0.1) is 12.4 Å². The van der Waals surface area contributed by atoms with Gasteiger partial charge in [0.05, 0.1) is 4.90 Å². The van der Waals surface area contributed by atoms with E-state index in [-0.39, 0.29) is 35.3 Å². The van der Waals surface area contributed by atoms with Gasteiger partial charge < -0.3 is 10.6 Å². The molecule has 1 aromatic rings. The van der Waals surface area contributed by atoms with Crippen molar-refractivity contribution in [1.82, 2.24) is 9.62 Å². The molecule has 1 heterocycles. The Kier molecular flexibility index (Phi) is 8.53. The molecule has 3 unspecified atom stereocenters. The van der Waals surface area contributed by atoms with Crippen LogP contribution < -0.4 is 10.5 Å². The van der Waals surface area contributed by atoms with Crippen molar-refractivity contribution in [2.75, 3.05) is 13.1 Å². The van der Waals surface area contributed by atoms with Crippen LogP contribution in [0.25, 0.3) is 0 Å². The molecule has 1 aromatic carbocycles. The van der Waals surface area contributed by atoms with Gasteiger partial charge in [0.2, 0.25) is 10.0 Å². The standard InChI is InChI=1S/C18H29N3O3S.ClH/c1-4-14(3)20-25(23,24)17-7-5-15(6-8-17)18(22)21-10-9-13(2)11-16(21)12-19;/h5-8,13-14,16,20H,4,9-12,19H2,1-3H3;1H. The first-order valence-corrected chi connectivity index (χ1v) is 10.4. The summed E-state index contributed by atoms with van der Waals surface area (Å²) in [5.74, 6) is 0.484. The van der Waals surface area contributed by atoms with Crippen LogP contribution in [0.15, 0.2) is 29.2 Å². The molecule has 0 aliphatic carbocycles. The van der Waals surface area contributed by atoms with Crippen LogP contribution in [-0.2, 0) is 10.0 Å². The van der Waals surface area contributed by atoms with Crippen LogP contribution in [0.2, 0.25) is 0 Å². The van der Waals surface area contributed by atoms with Crippen molar-refractivity contribution in [2.45, 2.75) is 57.0 Å². The molecule has 3 N–H and O–H groups in total. The van der Waals surface area contributed by atoms with Gasteiger partial charge in [0.1, 0.15) is 0 Å². The van der Waals surface area contributed by atoms with Crippen LogP contribution in [0, 0.1) is 5.92 Å². The second-order valence-corrected chi connectivity index (χ2v) is 8.69. The number of nitrogens with two attached hydrogens (primary N) is 1. The Morgan fingerprint density at radius 3 is 2.50 bits per heavy atom. The summed E-state index contributed by atoms with van der Waals surface area (Å²) in [7, 11) is -3.56. The predicted molar refractivity (Wildman–Crippen MR) is 106 cm³/mol. The molecule has 2 rings (SSSR count). The molecular weight excluding hydrogens is 374 g/mol. The Morgan fingerprint density at radius 1 is 1.35 bits per heavy atom. The van der Waals surface area contributed by atoms with E-state index in [2.05, 4.69) is 11.6 Å². The van der Waals surface area contributed by atoms with Crippen molar-refractivity contribution in [3.8, 4) is 0 Å². The summed E-state index contributed by atoms with van der Waals surface area (Å²) in [4.78, 5) is 14.8. The minimum atomic E-state index is -3.56. The zero-order chi connectivity index (χ0) is 18.6. The third-order valence-electron chi connectivity index (χ3n) is 4.89. The number of benzene rings is 1. The third kappa shape index (κ3) is 5.42. The molecule has 0 radical (unpaired) electrons. The minimum Gasteiger partial charge on any atom is -0.334 e. The number of hydrogen-bond donors (Lipinski definition) is 2. The first kappa shape index (κ1) is 22.9. The molecule has 1 amide bonds. The first-order chi connectivity index (χ1) is 11.8. The molecule has 26 heavy (non-hydrogen) atoms. The quantitative estimate of drug-likeness (QED) is 0.762. The van der Waals surface area contributed by atoms with E-state index in [1.807, 2.05) is 18.7 Å². The Balaban J connectivity index is 0.00000338. The van der Waals surface area contributed by atoms with Gasteiger partial charge in [-0.1, -0.05) is 13.8 Å². The van der Waals surface area contributed by atoms with E-state index >= 15 is 0 Å². The van der Waals surface area contributed by atoms with Gasteiger partial charge in [-0.2, -0.15) is 0 Å². The van der Waals surface area contributed by atoms with E-state index < -0.39 is 10.0 Å². The van der Waals surface area contributed by atoms with Gasteiger partial charge in [-0.3, -0.25) is 4.79 Å². The fourth-order valence-electron chi connectivity index (χ4n) is 3.10. The summed E-state index contributed by atoms with van der Waals surface area (Å²) in [6, 6.07) is 6.06. The number of likely N-dealkylation sites (tertiary alicyclic amines) is 1. The second kappa shape index (κ2) is 9.69. The molecule has 3 atom stereocenters. The second-order valence-electron chi connectivity index (χ2n) is 6.97. The van der Waals surface area contributed by atoms with Gasteiger partial charge in [-0.05, 0) is 56.4 Å². The van der Waals surface area contributed by atoms with E-state index in [1.54, 1.807) is 12.1 Å². The van der Waals surface area contributed by atoms with Gasteiger partial charge in [0.15, 0.2) is 0 Å². The van der Waals surface area contributed by atoms with Crippen LogP contribution >= 0.6 is 12.4 Å². The number of rotatable bonds is 6. The number of piperidine rings is 1. The largest absolute Gasteiger partial charge is 0.334 e. The van der Waals surface area contributed by atoms with Crippen molar-refractivity contribution in [3.63, 3.8) is 0 Å². The van der Waals surface area contributed by atoms with Crippen LogP contribution in [0.3, 0.4) is 0 Å². The van der Waals surface area contributed by atoms with E-state index in [4.69, 9.17) is 5.73 Å². The minimum absolute atomic E-state index is 0. The number of hydrogen-bond acceptors (Lipinski definition) is 4. The van der Waals surface area contributed by atoms with Crippen LogP contribution in [-0.4, -0.2) is 44.4 Å². The van der Waals surface area contributed by atoms with Crippen molar-refractivity contribution in [3.05, 3.63) is 29.8 Å². The van der Waals surface area contributed by atoms with E-state index in [1.165, 1.54) is 12.1 Å². The number of carbonyl (C=O) groups is 1. The van der Waals surface area contributed by atoms with Gasteiger partial charge >= 0.3 is 0 Å². The van der Waals surface area contributed by atoms with Crippen molar-refractivity contribution >= 4 is 28.3 Å².